The summed E-state index contributed by atoms with van der Waals surface area (Å²) >= 11 is 0. The fraction of sp³-hybridized carbons (Fsp3) is 0.909. The molecule has 0 aromatic heterocycles. The highest BCUT2D eigenvalue weighted by atomic mass is 16.1. The number of rotatable bonds is 6. The molecule has 1 rings (SSSR count). The minimum Gasteiger partial charge on any atom is -0.300 e. The van der Waals surface area contributed by atoms with Gasteiger partial charge in [0.1, 0.15) is 5.78 Å². The van der Waals surface area contributed by atoms with Crippen LogP contribution in [-0.4, -0.2) is 29.3 Å². The van der Waals surface area contributed by atoms with E-state index in [9.17, 15) is 4.79 Å². The van der Waals surface area contributed by atoms with E-state index in [1.807, 2.05) is 0 Å². The van der Waals surface area contributed by atoms with Crippen molar-refractivity contribution in [1.82, 2.24) is 4.90 Å². The van der Waals surface area contributed by atoms with Gasteiger partial charge in [-0.2, -0.15) is 0 Å². The van der Waals surface area contributed by atoms with Crippen molar-refractivity contribution in [3.05, 3.63) is 0 Å². The van der Waals surface area contributed by atoms with Crippen molar-refractivity contribution in [1.29, 1.82) is 0 Å². The van der Waals surface area contributed by atoms with Gasteiger partial charge in [-0.25, -0.2) is 0 Å². The molecule has 0 radical (unpaired) electrons. The second-order valence-corrected chi connectivity index (χ2v) is 4.22. The Morgan fingerprint density at radius 2 is 2.15 bits per heavy atom. The Morgan fingerprint density at radius 1 is 1.54 bits per heavy atom. The van der Waals surface area contributed by atoms with Crippen LogP contribution in [-0.2, 0) is 4.79 Å². The van der Waals surface area contributed by atoms with E-state index in [1.165, 1.54) is 19.3 Å². The number of Topliss-reactive ketones (excluding diaryl/α,β-unsaturated/α-hetero) is 1. The first kappa shape index (κ1) is 10.7. The molecule has 0 heterocycles. The van der Waals surface area contributed by atoms with E-state index in [4.69, 9.17) is 0 Å². The minimum atomic E-state index is 0.314. The number of ketones is 1. The monoisotopic (exact) mass is 183 g/mol. The Morgan fingerprint density at radius 3 is 2.54 bits per heavy atom. The average Bonchev–Trinajstić information content (AvgIpc) is 2.81. The molecule has 1 aliphatic rings. The molecule has 0 aromatic carbocycles. The van der Waals surface area contributed by atoms with E-state index in [0.29, 0.717) is 11.8 Å². The van der Waals surface area contributed by atoms with Gasteiger partial charge in [-0.3, -0.25) is 9.69 Å². The summed E-state index contributed by atoms with van der Waals surface area (Å²) in [4.78, 5) is 13.5. The lowest BCUT2D eigenvalue weighted by atomic mass is 10.1. The van der Waals surface area contributed by atoms with Gasteiger partial charge in [-0.1, -0.05) is 6.92 Å². The number of hydrogen-bond acceptors (Lipinski definition) is 2. The lowest BCUT2D eigenvalue weighted by Gasteiger charge is -2.27. The summed E-state index contributed by atoms with van der Waals surface area (Å²) < 4.78 is 0. The molecule has 1 atom stereocenters. The Bertz CT molecular complexity index is 175. The van der Waals surface area contributed by atoms with Crippen molar-refractivity contribution < 1.29 is 4.79 Å². The predicted octanol–water partition coefficient (Wildman–Crippen LogP) is 2.23. The van der Waals surface area contributed by atoms with Crippen molar-refractivity contribution in [2.45, 2.75) is 58.5 Å². The van der Waals surface area contributed by atoms with E-state index in [0.717, 1.165) is 19.0 Å². The van der Waals surface area contributed by atoms with Crippen molar-refractivity contribution in [2.24, 2.45) is 0 Å². The standard InChI is InChI=1S/C11H21NO/c1-4-7-12(11-5-6-11)9(2)8-10(3)13/h9,11H,4-8H2,1-3H3. The molecule has 0 amide bonds. The van der Waals surface area contributed by atoms with Crippen LogP contribution >= 0.6 is 0 Å². The summed E-state index contributed by atoms with van der Waals surface area (Å²) in [6.07, 6.45) is 4.58. The van der Waals surface area contributed by atoms with Crippen molar-refractivity contribution in [3.63, 3.8) is 0 Å². The van der Waals surface area contributed by atoms with E-state index < -0.39 is 0 Å². The molecule has 0 aromatic rings. The summed E-state index contributed by atoms with van der Waals surface area (Å²) in [5.41, 5.74) is 0. The van der Waals surface area contributed by atoms with Crippen LogP contribution in [0.15, 0.2) is 0 Å². The average molecular weight is 183 g/mol. The SMILES string of the molecule is CCCN(C(C)CC(C)=O)C1CC1. The molecular weight excluding hydrogens is 162 g/mol. The van der Waals surface area contributed by atoms with Crippen LogP contribution in [0.1, 0.15) is 46.5 Å². The number of carbonyl (C=O) groups is 1. The lowest BCUT2D eigenvalue weighted by Crippen LogP contribution is -2.36. The summed E-state index contributed by atoms with van der Waals surface area (Å²) in [5, 5.41) is 0. The van der Waals surface area contributed by atoms with Crippen molar-refractivity contribution in [2.75, 3.05) is 6.54 Å². The fourth-order valence-electron chi connectivity index (χ4n) is 1.96. The summed E-state index contributed by atoms with van der Waals surface area (Å²) in [5.74, 6) is 0.314. The zero-order valence-electron chi connectivity index (χ0n) is 9.05. The third-order valence-electron chi connectivity index (χ3n) is 2.65. The highest BCUT2D eigenvalue weighted by molar-refractivity contribution is 5.76. The number of nitrogens with zero attached hydrogens (tertiary/aromatic N) is 1. The predicted molar refractivity (Wildman–Crippen MR) is 54.8 cm³/mol. The molecule has 0 spiro atoms. The van der Waals surface area contributed by atoms with E-state index in [1.54, 1.807) is 6.92 Å². The first-order valence-corrected chi connectivity index (χ1v) is 5.40. The molecule has 0 bridgehead atoms. The molecule has 0 N–H and O–H groups in total. The molecule has 0 aliphatic heterocycles. The Labute approximate surface area is 81.3 Å². The Kier molecular flexibility index (Phi) is 3.91. The highest BCUT2D eigenvalue weighted by Crippen LogP contribution is 2.29. The Hall–Kier alpha value is -0.370. The van der Waals surface area contributed by atoms with Crippen molar-refractivity contribution in [3.8, 4) is 0 Å². The van der Waals surface area contributed by atoms with E-state index in [2.05, 4.69) is 18.7 Å². The van der Waals surface area contributed by atoms with Gasteiger partial charge in [-0.05, 0) is 39.7 Å². The fourth-order valence-corrected chi connectivity index (χ4v) is 1.96. The smallest absolute Gasteiger partial charge is 0.131 e. The number of hydrogen-bond donors (Lipinski definition) is 0. The molecule has 2 nitrogen and oxygen atoms in total. The first-order chi connectivity index (χ1) is 6.15. The van der Waals surface area contributed by atoms with Gasteiger partial charge in [0.25, 0.3) is 0 Å². The molecule has 2 heteroatoms. The van der Waals surface area contributed by atoms with Gasteiger partial charge in [0.05, 0.1) is 0 Å². The largest absolute Gasteiger partial charge is 0.300 e. The van der Waals surface area contributed by atoms with Gasteiger partial charge < -0.3 is 0 Å². The first-order valence-electron chi connectivity index (χ1n) is 5.40. The zero-order valence-corrected chi connectivity index (χ0v) is 9.05. The van der Waals surface area contributed by atoms with Crippen LogP contribution in [0.5, 0.6) is 0 Å². The van der Waals surface area contributed by atoms with Gasteiger partial charge >= 0.3 is 0 Å². The molecule has 76 valence electrons. The van der Waals surface area contributed by atoms with Gasteiger partial charge in [0, 0.05) is 18.5 Å². The molecule has 0 saturated heterocycles. The second kappa shape index (κ2) is 4.75. The summed E-state index contributed by atoms with van der Waals surface area (Å²) in [6, 6.07) is 1.24. The van der Waals surface area contributed by atoms with E-state index >= 15 is 0 Å². The molecule has 13 heavy (non-hydrogen) atoms. The van der Waals surface area contributed by atoms with Crippen LogP contribution in [0.4, 0.5) is 0 Å². The molecule has 1 saturated carbocycles. The maximum absolute atomic E-state index is 11.0. The van der Waals surface area contributed by atoms with Crippen LogP contribution < -0.4 is 0 Å². The third-order valence-corrected chi connectivity index (χ3v) is 2.65. The maximum Gasteiger partial charge on any atom is 0.131 e. The maximum atomic E-state index is 11.0. The third kappa shape index (κ3) is 3.47. The van der Waals surface area contributed by atoms with Crippen LogP contribution in [0, 0.1) is 0 Å². The molecule has 1 fully saturated rings. The quantitative estimate of drug-likeness (QED) is 0.629. The number of carbonyl (C=O) groups excluding carboxylic acids is 1. The summed E-state index contributed by atoms with van der Waals surface area (Å²) in [6.45, 7) is 7.22. The minimum absolute atomic E-state index is 0.314. The van der Waals surface area contributed by atoms with Gasteiger partial charge in [-0.15, -0.1) is 0 Å². The van der Waals surface area contributed by atoms with Crippen LogP contribution in [0.3, 0.4) is 0 Å². The Balaban J connectivity index is 2.37. The second-order valence-electron chi connectivity index (χ2n) is 4.22. The topological polar surface area (TPSA) is 20.3 Å². The lowest BCUT2D eigenvalue weighted by molar-refractivity contribution is -0.118. The summed E-state index contributed by atoms with van der Waals surface area (Å²) in [7, 11) is 0. The molecular formula is C11H21NO. The van der Waals surface area contributed by atoms with E-state index in [-0.39, 0.29) is 0 Å². The zero-order chi connectivity index (χ0) is 9.84. The van der Waals surface area contributed by atoms with Crippen LogP contribution in [0.2, 0.25) is 0 Å². The van der Waals surface area contributed by atoms with Gasteiger partial charge in [0.15, 0.2) is 0 Å². The highest BCUT2D eigenvalue weighted by Gasteiger charge is 2.31. The van der Waals surface area contributed by atoms with Crippen LogP contribution in [0.25, 0.3) is 0 Å². The van der Waals surface area contributed by atoms with Gasteiger partial charge in [0.2, 0.25) is 0 Å². The molecule has 1 aliphatic carbocycles. The van der Waals surface area contributed by atoms with Crippen molar-refractivity contribution >= 4 is 5.78 Å². The molecule has 1 unspecified atom stereocenters. The normalized spacial score (nSPS) is 19.1.